The van der Waals surface area contributed by atoms with Gasteiger partial charge in [0, 0.05) is 50.5 Å². The average Bonchev–Trinajstić information content (AvgIpc) is 3.01. The van der Waals surface area contributed by atoms with Gasteiger partial charge in [0.25, 0.3) is 0 Å². The molecule has 1 atom stereocenters. The Morgan fingerprint density at radius 3 is 2.22 bits per heavy atom. The molecule has 15 heteroatoms. The summed E-state index contributed by atoms with van der Waals surface area (Å²) < 4.78 is 6.86. The summed E-state index contributed by atoms with van der Waals surface area (Å²) in [4.78, 5) is 69.0. The van der Waals surface area contributed by atoms with E-state index < -0.39 is 29.0 Å². The summed E-state index contributed by atoms with van der Waals surface area (Å²) in [6.07, 6.45) is 7.14. The molecule has 3 aliphatic carbocycles. The minimum atomic E-state index is -1.28. The van der Waals surface area contributed by atoms with Gasteiger partial charge < -0.3 is 35.6 Å². The number of ether oxygens (including phenoxy) is 1. The van der Waals surface area contributed by atoms with Gasteiger partial charge in [-0.25, -0.2) is 19.2 Å². The first-order chi connectivity index (χ1) is 24.0. The van der Waals surface area contributed by atoms with E-state index in [9.17, 15) is 24.0 Å². The van der Waals surface area contributed by atoms with Gasteiger partial charge in [-0.2, -0.15) is 4.98 Å². The summed E-state index contributed by atoms with van der Waals surface area (Å²) in [7, 11) is 0. The Hall–Kier alpha value is -4.66. The van der Waals surface area contributed by atoms with Crippen molar-refractivity contribution in [2.24, 2.45) is 5.41 Å². The van der Waals surface area contributed by atoms with Crippen molar-refractivity contribution in [3.63, 3.8) is 0 Å². The minimum absolute atomic E-state index is 0.132. The maximum absolute atomic E-state index is 13.0. The molecule has 2 saturated carbocycles. The Kier molecular flexibility index (Phi) is 9.79. The normalized spacial score (nSPS) is 24.5. The first-order valence-corrected chi connectivity index (χ1v) is 17.8. The fourth-order valence-electron chi connectivity index (χ4n) is 8.05. The SMILES string of the molecule is CC(C)(C)OC(=O)NC1CC2(C1)CC(NC1CCc3cc(-n4ccc(NC(=O)N5CCN(C(=O)C(C)(C)NC(=O)O)CC5)nc4=O)ccc3C1)C2. The number of aryl methyl sites for hydroxylation is 1. The van der Waals surface area contributed by atoms with E-state index in [4.69, 9.17) is 9.84 Å². The van der Waals surface area contributed by atoms with Crippen LogP contribution in [0.4, 0.5) is 20.2 Å². The number of carboxylic acid groups (broad SMARTS) is 1. The zero-order chi connectivity index (χ0) is 36.7. The molecular weight excluding hydrogens is 656 g/mol. The molecule has 1 spiro atoms. The zero-order valence-electron chi connectivity index (χ0n) is 30.1. The molecule has 51 heavy (non-hydrogen) atoms. The van der Waals surface area contributed by atoms with E-state index in [0.717, 1.165) is 50.6 Å². The van der Waals surface area contributed by atoms with Crippen LogP contribution in [-0.4, -0.2) is 104 Å². The van der Waals surface area contributed by atoms with Crippen LogP contribution in [0.5, 0.6) is 0 Å². The maximum atomic E-state index is 13.0. The predicted molar refractivity (Wildman–Crippen MR) is 189 cm³/mol. The number of anilines is 1. The number of hydrogen-bond donors (Lipinski definition) is 5. The number of urea groups is 1. The lowest BCUT2D eigenvalue weighted by Gasteiger charge is -2.58. The summed E-state index contributed by atoms with van der Waals surface area (Å²) in [6.45, 7) is 9.61. The van der Waals surface area contributed by atoms with Crippen LogP contribution in [0, 0.1) is 5.41 Å². The smallest absolute Gasteiger partial charge is 0.407 e. The number of alkyl carbamates (subject to hydrolysis) is 1. The highest BCUT2D eigenvalue weighted by molar-refractivity contribution is 5.90. The number of amides is 5. The molecule has 1 unspecified atom stereocenters. The van der Waals surface area contributed by atoms with Crippen LogP contribution in [0.3, 0.4) is 0 Å². The molecule has 15 nitrogen and oxygen atoms in total. The second-order valence-corrected chi connectivity index (χ2v) is 16.1. The van der Waals surface area contributed by atoms with E-state index in [1.54, 1.807) is 12.3 Å². The molecule has 276 valence electrons. The topological polar surface area (TPSA) is 187 Å². The molecule has 3 fully saturated rings. The lowest BCUT2D eigenvalue weighted by molar-refractivity contribution is -0.138. The van der Waals surface area contributed by atoms with E-state index in [1.165, 1.54) is 39.3 Å². The fourth-order valence-corrected chi connectivity index (χ4v) is 8.05. The van der Waals surface area contributed by atoms with Gasteiger partial charge in [-0.15, -0.1) is 0 Å². The third-order valence-corrected chi connectivity index (χ3v) is 10.5. The molecule has 4 aliphatic rings. The number of aromatic nitrogens is 2. The van der Waals surface area contributed by atoms with Crippen LogP contribution in [0.2, 0.25) is 0 Å². The van der Waals surface area contributed by atoms with Crippen molar-refractivity contribution in [3.8, 4) is 5.69 Å². The number of nitrogens with zero attached hydrogens (tertiary/aromatic N) is 4. The number of benzene rings is 1. The van der Waals surface area contributed by atoms with Crippen molar-refractivity contribution in [1.29, 1.82) is 0 Å². The Bertz CT molecular complexity index is 1730. The summed E-state index contributed by atoms with van der Waals surface area (Å²) in [5.74, 6) is -0.233. The number of rotatable bonds is 7. The third kappa shape index (κ3) is 8.46. The van der Waals surface area contributed by atoms with Crippen LogP contribution in [0.25, 0.3) is 5.69 Å². The van der Waals surface area contributed by atoms with E-state index in [0.29, 0.717) is 17.5 Å². The summed E-state index contributed by atoms with van der Waals surface area (Å²) >= 11 is 0. The highest BCUT2D eigenvalue weighted by Crippen LogP contribution is 2.56. The largest absolute Gasteiger partial charge is 0.465 e. The van der Waals surface area contributed by atoms with Crippen molar-refractivity contribution >= 4 is 29.9 Å². The highest BCUT2D eigenvalue weighted by Gasteiger charge is 2.53. The van der Waals surface area contributed by atoms with Crippen molar-refractivity contribution in [2.75, 3.05) is 31.5 Å². The minimum Gasteiger partial charge on any atom is -0.465 e. The Morgan fingerprint density at radius 2 is 1.57 bits per heavy atom. The summed E-state index contributed by atoms with van der Waals surface area (Å²) in [6, 6.07) is 8.32. The highest BCUT2D eigenvalue weighted by atomic mass is 16.6. The Balaban J connectivity index is 0.954. The molecule has 6 rings (SSSR count). The number of carbonyl (C=O) groups excluding carboxylic acids is 3. The van der Waals surface area contributed by atoms with Gasteiger partial charge in [-0.3, -0.25) is 14.7 Å². The number of fused-ring (bicyclic) bond motifs is 1. The molecule has 1 aliphatic heterocycles. The molecule has 2 heterocycles. The van der Waals surface area contributed by atoms with E-state index in [2.05, 4.69) is 32.3 Å². The molecule has 1 aromatic heterocycles. The molecule has 0 bridgehead atoms. The molecule has 0 radical (unpaired) electrons. The van der Waals surface area contributed by atoms with Gasteiger partial charge in [0.15, 0.2) is 0 Å². The predicted octanol–water partition coefficient (Wildman–Crippen LogP) is 3.24. The van der Waals surface area contributed by atoms with Crippen LogP contribution < -0.4 is 27.0 Å². The summed E-state index contributed by atoms with van der Waals surface area (Å²) in [5.41, 5.74) is 1.27. The van der Waals surface area contributed by atoms with Crippen molar-refractivity contribution in [3.05, 3.63) is 52.1 Å². The lowest BCUT2D eigenvalue weighted by atomic mass is 9.52. The van der Waals surface area contributed by atoms with Gasteiger partial charge in [-0.1, -0.05) is 6.07 Å². The summed E-state index contributed by atoms with van der Waals surface area (Å²) in [5, 5.41) is 20.8. The molecule has 2 aromatic rings. The van der Waals surface area contributed by atoms with Gasteiger partial charge in [0.2, 0.25) is 5.91 Å². The number of hydrogen-bond acceptors (Lipinski definition) is 8. The van der Waals surface area contributed by atoms with Crippen molar-refractivity contribution in [2.45, 2.75) is 109 Å². The van der Waals surface area contributed by atoms with Crippen LogP contribution >= 0.6 is 0 Å². The van der Waals surface area contributed by atoms with E-state index >= 15 is 0 Å². The van der Waals surface area contributed by atoms with E-state index in [1.807, 2.05) is 32.9 Å². The van der Waals surface area contributed by atoms with Gasteiger partial charge in [0.1, 0.15) is 17.0 Å². The first kappa shape index (κ1) is 36.1. The van der Waals surface area contributed by atoms with Crippen LogP contribution in [0.1, 0.15) is 77.8 Å². The Morgan fingerprint density at radius 1 is 0.902 bits per heavy atom. The fraction of sp³-hybridized carbons (Fsp3) is 0.611. The van der Waals surface area contributed by atoms with Crippen molar-refractivity contribution in [1.82, 2.24) is 35.3 Å². The van der Waals surface area contributed by atoms with Crippen molar-refractivity contribution < 1.29 is 29.0 Å². The second-order valence-electron chi connectivity index (χ2n) is 16.1. The molecular formula is C36H50N8O7. The molecule has 1 aromatic carbocycles. The molecule has 1 saturated heterocycles. The first-order valence-electron chi connectivity index (χ1n) is 17.8. The third-order valence-electron chi connectivity index (χ3n) is 10.5. The zero-order valence-corrected chi connectivity index (χ0v) is 30.1. The quantitative estimate of drug-likeness (QED) is 0.288. The average molecular weight is 707 g/mol. The molecule has 5 amide bonds. The number of carbonyl (C=O) groups is 4. The van der Waals surface area contributed by atoms with Crippen LogP contribution in [-0.2, 0) is 22.4 Å². The number of nitrogens with one attached hydrogen (secondary N) is 4. The standard InChI is InChI=1S/C36H50N8O7/c1-34(2,3)51-33(50)38-26-20-36(21-26)18-25(19-36)37-24-8-6-23-17-27(9-7-22(23)16-24)44-11-10-28(40-31(44)47)39-30(46)43-14-12-42(13-15-43)29(45)35(4,5)41-32(48)49/h7,9-11,17,24-26,37,41H,6,8,12-16,18-21H2,1-5H3,(H,38,50)(H,48,49)(H,39,40,46,47). The lowest BCUT2D eigenvalue weighted by Crippen LogP contribution is -2.62. The number of piperazine rings is 1. The van der Waals surface area contributed by atoms with Gasteiger partial charge in [-0.05, 0) is 114 Å². The monoisotopic (exact) mass is 706 g/mol. The van der Waals surface area contributed by atoms with Gasteiger partial charge >= 0.3 is 23.9 Å². The van der Waals surface area contributed by atoms with E-state index in [-0.39, 0.29) is 50.0 Å². The molecule has 5 N–H and O–H groups in total. The van der Waals surface area contributed by atoms with Gasteiger partial charge in [0.05, 0.1) is 5.69 Å². The second kappa shape index (κ2) is 13.8. The Labute approximate surface area is 297 Å². The van der Waals surface area contributed by atoms with Crippen LogP contribution in [0.15, 0.2) is 35.3 Å². The maximum Gasteiger partial charge on any atom is 0.407 e.